The van der Waals surface area contributed by atoms with Gasteiger partial charge in [-0.15, -0.1) is 10.2 Å². The summed E-state index contributed by atoms with van der Waals surface area (Å²) >= 11 is 6.04. The molecule has 1 aliphatic heterocycles. The number of hydrogen-bond donors (Lipinski definition) is 1. The number of nitrogens with one attached hydrogen (secondary N) is 1. The highest BCUT2D eigenvalue weighted by Crippen LogP contribution is 2.33. The average molecular weight is 420 g/mol. The summed E-state index contributed by atoms with van der Waals surface area (Å²) in [7, 11) is -0.0813. The summed E-state index contributed by atoms with van der Waals surface area (Å²) in [4.78, 5) is 4.80. The molecule has 0 radical (unpaired) electrons. The number of methoxy groups -OCH3 is 1. The van der Waals surface area contributed by atoms with Crippen molar-refractivity contribution in [1.82, 2.24) is 19.7 Å². The van der Waals surface area contributed by atoms with Gasteiger partial charge in [-0.3, -0.25) is 4.72 Å². The summed E-state index contributed by atoms with van der Waals surface area (Å²) in [5.41, 5.74) is 1.25. The first-order valence-corrected chi connectivity index (χ1v) is 10.2. The highest BCUT2D eigenvalue weighted by molar-refractivity contribution is 7.86. The van der Waals surface area contributed by atoms with Gasteiger partial charge in [0.2, 0.25) is 5.88 Å². The Labute approximate surface area is 169 Å². The number of anilines is 1. The zero-order valence-corrected chi connectivity index (χ0v) is 16.9. The van der Waals surface area contributed by atoms with E-state index in [0.29, 0.717) is 51.8 Å². The number of ether oxygens (including phenoxy) is 2. The van der Waals surface area contributed by atoms with Crippen LogP contribution in [0.1, 0.15) is 12.7 Å². The zero-order chi connectivity index (χ0) is 19.7. The summed E-state index contributed by atoms with van der Waals surface area (Å²) in [5, 5.41) is 9.02. The average Bonchev–Trinajstić information content (AvgIpc) is 3.03. The molecule has 10 heteroatoms. The molecule has 1 N–H and O–H groups in total. The number of benzene rings is 1. The van der Waals surface area contributed by atoms with Crippen LogP contribution < -0.4 is 14.2 Å². The van der Waals surface area contributed by atoms with E-state index in [0.717, 1.165) is 12.2 Å². The third-order valence-corrected chi connectivity index (χ3v) is 5.70. The molecule has 0 fully saturated rings. The fourth-order valence-corrected chi connectivity index (χ4v) is 4.25. The van der Waals surface area contributed by atoms with Crippen LogP contribution in [0.15, 0.2) is 35.4 Å². The SMILES string of the molecule is CCc1nnc2n1CCOc1ncc(NS(=O)c3cc(Cl)ccc3OC)cc1-2. The molecule has 3 heterocycles. The minimum Gasteiger partial charge on any atom is -0.495 e. The maximum Gasteiger partial charge on any atom is 0.224 e. The third kappa shape index (κ3) is 3.43. The molecule has 0 amide bonds. The van der Waals surface area contributed by atoms with Crippen molar-refractivity contribution < 1.29 is 13.7 Å². The van der Waals surface area contributed by atoms with Crippen LogP contribution in [0.25, 0.3) is 11.4 Å². The molecule has 0 spiro atoms. The summed E-state index contributed by atoms with van der Waals surface area (Å²) in [5.74, 6) is 2.53. The van der Waals surface area contributed by atoms with Crippen molar-refractivity contribution >= 4 is 28.3 Å². The van der Waals surface area contributed by atoms with E-state index in [1.165, 1.54) is 7.11 Å². The van der Waals surface area contributed by atoms with Crippen LogP contribution in [0.2, 0.25) is 5.02 Å². The van der Waals surface area contributed by atoms with Gasteiger partial charge in [0.1, 0.15) is 23.1 Å². The van der Waals surface area contributed by atoms with Gasteiger partial charge in [0.25, 0.3) is 0 Å². The van der Waals surface area contributed by atoms with Crippen LogP contribution in [-0.4, -0.2) is 37.7 Å². The second-order valence-electron chi connectivity index (χ2n) is 6.04. The van der Waals surface area contributed by atoms with Crippen LogP contribution in [-0.2, 0) is 24.0 Å². The number of aromatic nitrogens is 4. The van der Waals surface area contributed by atoms with Crippen LogP contribution >= 0.6 is 11.6 Å². The van der Waals surface area contributed by atoms with Gasteiger partial charge in [0, 0.05) is 11.4 Å². The van der Waals surface area contributed by atoms with Gasteiger partial charge in [0.15, 0.2) is 16.8 Å². The fraction of sp³-hybridized carbons (Fsp3) is 0.278. The summed E-state index contributed by atoms with van der Waals surface area (Å²) in [6, 6.07) is 6.77. The predicted molar refractivity (Wildman–Crippen MR) is 106 cm³/mol. The highest BCUT2D eigenvalue weighted by Gasteiger charge is 2.22. The first-order valence-electron chi connectivity index (χ1n) is 8.68. The van der Waals surface area contributed by atoms with E-state index in [2.05, 4.69) is 19.9 Å². The van der Waals surface area contributed by atoms with Crippen molar-refractivity contribution in [2.24, 2.45) is 0 Å². The predicted octanol–water partition coefficient (Wildman–Crippen LogP) is 3.09. The van der Waals surface area contributed by atoms with Gasteiger partial charge in [0.05, 0.1) is 31.1 Å². The Morgan fingerprint density at radius 2 is 2.21 bits per heavy atom. The van der Waals surface area contributed by atoms with Crippen molar-refractivity contribution in [3.05, 3.63) is 41.3 Å². The summed E-state index contributed by atoms with van der Waals surface area (Å²) in [6.45, 7) is 3.16. The Hall–Kier alpha value is -2.65. The van der Waals surface area contributed by atoms with Crippen LogP contribution in [0, 0.1) is 0 Å². The van der Waals surface area contributed by atoms with Crippen LogP contribution in [0.3, 0.4) is 0 Å². The van der Waals surface area contributed by atoms with Gasteiger partial charge in [-0.2, -0.15) is 0 Å². The lowest BCUT2D eigenvalue weighted by Crippen LogP contribution is -2.09. The van der Waals surface area contributed by atoms with E-state index < -0.39 is 11.0 Å². The van der Waals surface area contributed by atoms with Crippen molar-refractivity contribution in [3.8, 4) is 23.0 Å². The molecule has 1 atom stereocenters. The van der Waals surface area contributed by atoms with E-state index >= 15 is 0 Å². The lowest BCUT2D eigenvalue weighted by Gasteiger charge is -2.12. The quantitative estimate of drug-likeness (QED) is 0.683. The monoisotopic (exact) mass is 419 g/mol. The topological polar surface area (TPSA) is 91.2 Å². The number of pyridine rings is 1. The Morgan fingerprint density at radius 1 is 1.36 bits per heavy atom. The van der Waals surface area contributed by atoms with Crippen molar-refractivity contribution in [2.45, 2.75) is 24.8 Å². The van der Waals surface area contributed by atoms with Gasteiger partial charge in [-0.05, 0) is 24.3 Å². The van der Waals surface area contributed by atoms with E-state index in [9.17, 15) is 4.21 Å². The lowest BCUT2D eigenvalue weighted by atomic mass is 10.2. The molecule has 0 aliphatic carbocycles. The van der Waals surface area contributed by atoms with E-state index in [-0.39, 0.29) is 0 Å². The highest BCUT2D eigenvalue weighted by atomic mass is 35.5. The van der Waals surface area contributed by atoms with Gasteiger partial charge < -0.3 is 14.0 Å². The first-order chi connectivity index (χ1) is 13.6. The maximum atomic E-state index is 12.8. The molecule has 2 aromatic heterocycles. The number of nitrogens with zero attached hydrogens (tertiary/aromatic N) is 4. The molecule has 28 heavy (non-hydrogen) atoms. The molecule has 1 aromatic carbocycles. The van der Waals surface area contributed by atoms with Crippen molar-refractivity contribution in [3.63, 3.8) is 0 Å². The van der Waals surface area contributed by atoms with E-state index in [1.54, 1.807) is 24.4 Å². The fourth-order valence-electron chi connectivity index (χ4n) is 3.01. The lowest BCUT2D eigenvalue weighted by molar-refractivity contribution is 0.294. The second-order valence-corrected chi connectivity index (χ2v) is 7.65. The second kappa shape index (κ2) is 7.76. The molecule has 0 saturated carbocycles. The standard InChI is InChI=1S/C18H18ClN5O3S/c1-3-16-21-22-17-13-9-12(10-20-18(13)27-7-6-24(16)17)23-28(25)15-8-11(19)4-5-14(15)26-2/h4-5,8-10,23H,3,6-7H2,1-2H3. The summed E-state index contributed by atoms with van der Waals surface area (Å²) < 4.78 is 28.8. The first kappa shape index (κ1) is 18.7. The van der Waals surface area contributed by atoms with Crippen LogP contribution in [0.4, 0.5) is 5.69 Å². The minimum atomic E-state index is -1.60. The van der Waals surface area contributed by atoms with Crippen molar-refractivity contribution in [2.75, 3.05) is 18.4 Å². The molecule has 8 nitrogen and oxygen atoms in total. The molecule has 1 aliphatic rings. The normalized spacial score (nSPS) is 13.7. The third-order valence-electron chi connectivity index (χ3n) is 4.33. The zero-order valence-electron chi connectivity index (χ0n) is 15.3. The molecule has 4 rings (SSSR count). The molecule has 1 unspecified atom stereocenters. The number of rotatable bonds is 5. The molecule has 0 bridgehead atoms. The minimum absolute atomic E-state index is 0.442. The number of halogens is 1. The van der Waals surface area contributed by atoms with E-state index in [4.69, 9.17) is 21.1 Å². The largest absolute Gasteiger partial charge is 0.495 e. The molecule has 146 valence electrons. The molecular formula is C18H18ClN5O3S. The summed E-state index contributed by atoms with van der Waals surface area (Å²) in [6.07, 6.45) is 2.34. The van der Waals surface area contributed by atoms with Gasteiger partial charge in [-0.25, -0.2) is 9.19 Å². The van der Waals surface area contributed by atoms with Crippen molar-refractivity contribution in [1.29, 1.82) is 0 Å². The smallest absolute Gasteiger partial charge is 0.224 e. The Morgan fingerprint density at radius 3 is 3.00 bits per heavy atom. The molecular weight excluding hydrogens is 402 g/mol. The van der Waals surface area contributed by atoms with E-state index in [1.807, 2.05) is 17.6 Å². The number of fused-ring (bicyclic) bond motifs is 3. The Bertz CT molecular complexity index is 1060. The maximum absolute atomic E-state index is 12.8. The van der Waals surface area contributed by atoms with Gasteiger partial charge >= 0.3 is 0 Å². The number of hydrogen-bond acceptors (Lipinski definition) is 6. The Kier molecular flexibility index (Phi) is 5.19. The Balaban J connectivity index is 1.69. The van der Waals surface area contributed by atoms with Crippen LogP contribution in [0.5, 0.6) is 11.6 Å². The molecule has 0 saturated heterocycles. The van der Waals surface area contributed by atoms with Gasteiger partial charge in [-0.1, -0.05) is 18.5 Å². The molecule has 3 aromatic rings. The number of aryl methyl sites for hydroxylation is 1.